The summed E-state index contributed by atoms with van der Waals surface area (Å²) >= 11 is 12.0. The average molecular weight is 285 g/mol. The second-order valence-electron chi connectivity index (χ2n) is 3.87. The molecule has 0 spiro atoms. The highest BCUT2D eigenvalue weighted by molar-refractivity contribution is 6.33. The van der Waals surface area contributed by atoms with Gasteiger partial charge in [-0.3, -0.25) is 0 Å². The van der Waals surface area contributed by atoms with Gasteiger partial charge >= 0.3 is 0 Å². The predicted molar refractivity (Wildman–Crippen MR) is 72.7 cm³/mol. The zero-order valence-electron chi connectivity index (χ0n) is 10.0. The second-order valence-corrected chi connectivity index (χ2v) is 4.72. The highest BCUT2D eigenvalue weighted by Gasteiger charge is 2.04. The van der Waals surface area contributed by atoms with E-state index in [9.17, 15) is 0 Å². The average Bonchev–Trinajstić information content (AvgIpc) is 2.81. The van der Waals surface area contributed by atoms with Gasteiger partial charge in [0.05, 0.1) is 6.54 Å². The maximum Gasteiger partial charge on any atom is 0.146 e. The molecule has 1 heterocycles. The van der Waals surface area contributed by atoms with Gasteiger partial charge in [-0.2, -0.15) is 0 Å². The van der Waals surface area contributed by atoms with Crippen LogP contribution in [0, 0.1) is 0 Å². The van der Waals surface area contributed by atoms with Crippen molar-refractivity contribution in [2.75, 3.05) is 0 Å². The normalized spacial score (nSPS) is 10.8. The molecule has 0 bridgehead atoms. The molecule has 0 saturated carbocycles. The number of aromatic nitrogens is 3. The van der Waals surface area contributed by atoms with E-state index in [1.165, 1.54) is 0 Å². The predicted octanol–water partition coefficient (Wildman–Crippen LogP) is 2.89. The quantitative estimate of drug-likeness (QED) is 0.918. The van der Waals surface area contributed by atoms with Crippen LogP contribution in [0.5, 0.6) is 0 Å². The standard InChI is InChI=1S/C12H14Cl2N4/c1-2-18-8-16-17-12(18)7-15-6-9-5-10(13)3-4-11(9)14/h3-5,8,15H,2,6-7H2,1H3. The number of halogens is 2. The third kappa shape index (κ3) is 3.22. The third-order valence-corrected chi connectivity index (χ3v) is 3.25. The molecule has 0 fully saturated rings. The summed E-state index contributed by atoms with van der Waals surface area (Å²) in [6, 6.07) is 5.44. The monoisotopic (exact) mass is 284 g/mol. The molecule has 2 aromatic rings. The van der Waals surface area contributed by atoms with Crippen LogP contribution in [0.4, 0.5) is 0 Å². The van der Waals surface area contributed by atoms with Gasteiger partial charge in [-0.05, 0) is 30.7 Å². The Balaban J connectivity index is 1.94. The Morgan fingerprint density at radius 1 is 1.28 bits per heavy atom. The lowest BCUT2D eigenvalue weighted by molar-refractivity contribution is 0.612. The molecule has 4 nitrogen and oxygen atoms in total. The second kappa shape index (κ2) is 6.18. The minimum absolute atomic E-state index is 0.649. The minimum atomic E-state index is 0.649. The number of hydrogen-bond acceptors (Lipinski definition) is 3. The molecule has 0 aliphatic rings. The van der Waals surface area contributed by atoms with Crippen molar-refractivity contribution in [2.45, 2.75) is 26.6 Å². The SMILES string of the molecule is CCn1cnnc1CNCc1cc(Cl)ccc1Cl. The van der Waals surface area contributed by atoms with Gasteiger partial charge in [0.25, 0.3) is 0 Å². The molecular weight excluding hydrogens is 271 g/mol. The topological polar surface area (TPSA) is 42.7 Å². The zero-order chi connectivity index (χ0) is 13.0. The Labute approximate surface area is 116 Å². The molecule has 96 valence electrons. The van der Waals surface area contributed by atoms with Gasteiger partial charge in [0.2, 0.25) is 0 Å². The molecular formula is C12H14Cl2N4. The van der Waals surface area contributed by atoms with Crippen LogP contribution in [0.3, 0.4) is 0 Å². The van der Waals surface area contributed by atoms with Crippen molar-refractivity contribution in [3.8, 4) is 0 Å². The fourth-order valence-corrected chi connectivity index (χ4v) is 2.05. The zero-order valence-corrected chi connectivity index (χ0v) is 11.5. The van der Waals surface area contributed by atoms with Crippen LogP contribution >= 0.6 is 23.2 Å². The van der Waals surface area contributed by atoms with E-state index >= 15 is 0 Å². The van der Waals surface area contributed by atoms with E-state index < -0.39 is 0 Å². The van der Waals surface area contributed by atoms with Gasteiger partial charge in [-0.25, -0.2) is 0 Å². The fraction of sp³-hybridized carbons (Fsp3) is 0.333. The van der Waals surface area contributed by atoms with E-state index in [2.05, 4.69) is 22.4 Å². The molecule has 18 heavy (non-hydrogen) atoms. The molecule has 0 atom stereocenters. The summed E-state index contributed by atoms with van der Waals surface area (Å²) < 4.78 is 1.99. The number of benzene rings is 1. The number of hydrogen-bond donors (Lipinski definition) is 1. The van der Waals surface area contributed by atoms with Crippen molar-refractivity contribution in [1.82, 2.24) is 20.1 Å². The molecule has 0 radical (unpaired) electrons. The highest BCUT2D eigenvalue weighted by Crippen LogP contribution is 2.20. The molecule has 0 unspecified atom stereocenters. The number of aryl methyl sites for hydroxylation is 1. The molecule has 1 aromatic carbocycles. The van der Waals surface area contributed by atoms with Gasteiger partial charge in [-0.15, -0.1) is 10.2 Å². The first-order valence-corrected chi connectivity index (χ1v) is 6.47. The lowest BCUT2D eigenvalue weighted by Gasteiger charge is -2.07. The van der Waals surface area contributed by atoms with Crippen LogP contribution in [0.25, 0.3) is 0 Å². The van der Waals surface area contributed by atoms with Crippen molar-refractivity contribution in [3.63, 3.8) is 0 Å². The molecule has 2 rings (SSSR count). The van der Waals surface area contributed by atoms with Gasteiger partial charge in [0, 0.05) is 23.1 Å². The van der Waals surface area contributed by atoms with Crippen molar-refractivity contribution in [2.24, 2.45) is 0 Å². The van der Waals surface area contributed by atoms with Crippen LogP contribution in [-0.2, 0) is 19.6 Å². The first-order chi connectivity index (χ1) is 8.70. The van der Waals surface area contributed by atoms with Crippen molar-refractivity contribution in [1.29, 1.82) is 0 Å². The summed E-state index contributed by atoms with van der Waals surface area (Å²) in [5.74, 6) is 0.913. The van der Waals surface area contributed by atoms with E-state index in [-0.39, 0.29) is 0 Å². The Bertz CT molecular complexity index is 525. The summed E-state index contributed by atoms with van der Waals surface area (Å²) in [5, 5.41) is 12.6. The van der Waals surface area contributed by atoms with Crippen LogP contribution < -0.4 is 5.32 Å². The summed E-state index contributed by atoms with van der Waals surface area (Å²) in [5.41, 5.74) is 0.978. The van der Waals surface area contributed by atoms with Gasteiger partial charge in [0.15, 0.2) is 0 Å². The van der Waals surface area contributed by atoms with E-state index in [4.69, 9.17) is 23.2 Å². The smallest absolute Gasteiger partial charge is 0.146 e. The first kappa shape index (κ1) is 13.3. The van der Waals surface area contributed by atoms with Crippen molar-refractivity contribution >= 4 is 23.2 Å². The lowest BCUT2D eigenvalue weighted by atomic mass is 10.2. The van der Waals surface area contributed by atoms with Crippen molar-refractivity contribution in [3.05, 3.63) is 46.0 Å². The first-order valence-electron chi connectivity index (χ1n) is 5.72. The van der Waals surface area contributed by atoms with Gasteiger partial charge in [0.1, 0.15) is 12.2 Å². The summed E-state index contributed by atoms with van der Waals surface area (Å²) in [4.78, 5) is 0. The summed E-state index contributed by atoms with van der Waals surface area (Å²) in [6.45, 7) is 4.22. The highest BCUT2D eigenvalue weighted by atomic mass is 35.5. The van der Waals surface area contributed by atoms with E-state index in [0.29, 0.717) is 23.1 Å². The lowest BCUT2D eigenvalue weighted by Crippen LogP contribution is -2.16. The molecule has 0 amide bonds. The number of nitrogens with one attached hydrogen (secondary N) is 1. The van der Waals surface area contributed by atoms with Gasteiger partial charge in [-0.1, -0.05) is 23.2 Å². The minimum Gasteiger partial charge on any atom is -0.317 e. The Morgan fingerprint density at radius 3 is 2.89 bits per heavy atom. The largest absolute Gasteiger partial charge is 0.317 e. The molecule has 6 heteroatoms. The Hall–Kier alpha value is -1.10. The van der Waals surface area contributed by atoms with Gasteiger partial charge < -0.3 is 9.88 Å². The van der Waals surface area contributed by atoms with Crippen LogP contribution in [0.1, 0.15) is 18.3 Å². The van der Waals surface area contributed by atoms with Crippen LogP contribution in [0.15, 0.2) is 24.5 Å². The number of nitrogens with zero attached hydrogens (tertiary/aromatic N) is 3. The van der Waals surface area contributed by atoms with Crippen LogP contribution in [-0.4, -0.2) is 14.8 Å². The van der Waals surface area contributed by atoms with Crippen LogP contribution in [0.2, 0.25) is 10.0 Å². The van der Waals surface area contributed by atoms with Crippen molar-refractivity contribution < 1.29 is 0 Å². The van der Waals surface area contributed by atoms with E-state index in [0.717, 1.165) is 17.9 Å². The molecule has 0 aliphatic carbocycles. The maximum absolute atomic E-state index is 6.08. The summed E-state index contributed by atoms with van der Waals surface area (Å²) in [6.07, 6.45) is 1.73. The molecule has 1 N–H and O–H groups in total. The van der Waals surface area contributed by atoms with E-state index in [1.807, 2.05) is 10.6 Å². The molecule has 0 aliphatic heterocycles. The maximum atomic E-state index is 6.08. The van der Waals surface area contributed by atoms with E-state index in [1.54, 1.807) is 18.5 Å². The Morgan fingerprint density at radius 2 is 2.11 bits per heavy atom. The Kier molecular flexibility index (Phi) is 4.58. The summed E-state index contributed by atoms with van der Waals surface area (Å²) in [7, 11) is 0. The molecule has 1 aromatic heterocycles. The number of rotatable bonds is 5. The molecule has 0 saturated heterocycles. The fourth-order valence-electron chi connectivity index (χ4n) is 1.67. The third-order valence-electron chi connectivity index (χ3n) is 2.64.